The molecule has 1 saturated heterocycles. The van der Waals surface area contributed by atoms with Gasteiger partial charge in [-0.3, -0.25) is 9.89 Å². The van der Waals surface area contributed by atoms with E-state index >= 15 is 0 Å². The molecule has 1 amide bonds. The van der Waals surface area contributed by atoms with E-state index < -0.39 is 11.9 Å². The molecule has 1 aliphatic rings. The quantitative estimate of drug-likeness (QED) is 0.667. The van der Waals surface area contributed by atoms with E-state index in [1.54, 1.807) is 30.5 Å². The van der Waals surface area contributed by atoms with Gasteiger partial charge in [-0.15, -0.1) is 0 Å². The number of ether oxygens (including phenoxy) is 2. The molecule has 7 nitrogen and oxygen atoms in total. The highest BCUT2D eigenvalue weighted by atomic mass is 19.1. The Hall–Kier alpha value is -3.55. The molecular formula is C21H21FN4O3. The maximum Gasteiger partial charge on any atom is 0.249 e. The van der Waals surface area contributed by atoms with E-state index in [0.29, 0.717) is 24.5 Å². The summed E-state index contributed by atoms with van der Waals surface area (Å²) in [6.45, 7) is 0.524. The second-order valence-electron chi connectivity index (χ2n) is 6.69. The summed E-state index contributed by atoms with van der Waals surface area (Å²) in [5.41, 5.74) is 2.76. The van der Waals surface area contributed by atoms with E-state index in [0.717, 1.165) is 16.8 Å². The van der Waals surface area contributed by atoms with E-state index in [9.17, 15) is 9.18 Å². The van der Waals surface area contributed by atoms with Crippen LogP contribution in [0.2, 0.25) is 0 Å². The van der Waals surface area contributed by atoms with Crippen LogP contribution in [0.3, 0.4) is 0 Å². The lowest BCUT2D eigenvalue weighted by molar-refractivity contribution is -0.117. The first-order chi connectivity index (χ1) is 14.1. The standard InChI is InChI=1S/C21H21FN4O3/c1-28-15-4-6-17(22)19(10-15)25-18-7-8-26(21(18)27)14-3-5-16(20(9-14)29-2)13-11-23-24-12-13/h3-6,9-12,18,25H,7-8H2,1-2H3,(H,23,24). The number of hydrogen-bond donors (Lipinski definition) is 2. The summed E-state index contributed by atoms with van der Waals surface area (Å²) in [6, 6.07) is 9.49. The van der Waals surface area contributed by atoms with Gasteiger partial charge in [0.1, 0.15) is 23.4 Å². The molecule has 29 heavy (non-hydrogen) atoms. The summed E-state index contributed by atoms with van der Waals surface area (Å²) >= 11 is 0. The first-order valence-corrected chi connectivity index (χ1v) is 9.19. The smallest absolute Gasteiger partial charge is 0.249 e. The number of nitrogens with zero attached hydrogens (tertiary/aromatic N) is 2. The lowest BCUT2D eigenvalue weighted by atomic mass is 10.1. The molecule has 0 radical (unpaired) electrons. The second kappa shape index (κ2) is 7.83. The maximum atomic E-state index is 14.1. The van der Waals surface area contributed by atoms with Gasteiger partial charge in [0.05, 0.1) is 26.1 Å². The fourth-order valence-electron chi connectivity index (χ4n) is 3.48. The number of carbonyl (C=O) groups is 1. The third kappa shape index (κ3) is 3.61. The Kier molecular flexibility index (Phi) is 5.07. The summed E-state index contributed by atoms with van der Waals surface area (Å²) in [7, 11) is 3.10. The Bertz CT molecular complexity index is 1020. The summed E-state index contributed by atoms with van der Waals surface area (Å²) in [4.78, 5) is 14.6. The van der Waals surface area contributed by atoms with Crippen LogP contribution in [-0.4, -0.2) is 42.9 Å². The molecule has 0 spiro atoms. The van der Waals surface area contributed by atoms with Gasteiger partial charge in [-0.2, -0.15) is 5.10 Å². The second-order valence-corrected chi connectivity index (χ2v) is 6.69. The van der Waals surface area contributed by atoms with E-state index in [4.69, 9.17) is 9.47 Å². The number of benzene rings is 2. The molecule has 150 valence electrons. The van der Waals surface area contributed by atoms with Crippen molar-refractivity contribution in [3.8, 4) is 22.6 Å². The van der Waals surface area contributed by atoms with Crippen molar-refractivity contribution >= 4 is 17.3 Å². The molecule has 0 bridgehead atoms. The molecule has 3 aromatic rings. The fourth-order valence-corrected chi connectivity index (χ4v) is 3.48. The van der Waals surface area contributed by atoms with E-state index in [-0.39, 0.29) is 11.6 Å². The Morgan fingerprint density at radius 2 is 2.07 bits per heavy atom. The highest BCUT2D eigenvalue weighted by Crippen LogP contribution is 2.35. The van der Waals surface area contributed by atoms with E-state index in [2.05, 4.69) is 15.5 Å². The van der Waals surface area contributed by atoms with Crippen molar-refractivity contribution in [1.82, 2.24) is 10.2 Å². The third-order valence-electron chi connectivity index (χ3n) is 5.01. The molecule has 1 atom stereocenters. The van der Waals surface area contributed by atoms with Crippen molar-refractivity contribution in [2.24, 2.45) is 0 Å². The number of methoxy groups -OCH3 is 2. The van der Waals surface area contributed by atoms with Crippen LogP contribution < -0.4 is 19.7 Å². The first kappa shape index (κ1) is 18.8. The molecule has 2 heterocycles. The van der Waals surface area contributed by atoms with Gasteiger partial charge in [0.2, 0.25) is 5.91 Å². The third-order valence-corrected chi connectivity index (χ3v) is 5.01. The molecular weight excluding hydrogens is 375 g/mol. The number of carbonyl (C=O) groups excluding carboxylic acids is 1. The minimum absolute atomic E-state index is 0.120. The van der Waals surface area contributed by atoms with Crippen LogP contribution in [-0.2, 0) is 4.79 Å². The van der Waals surface area contributed by atoms with Gasteiger partial charge in [0, 0.05) is 41.7 Å². The van der Waals surface area contributed by atoms with Gasteiger partial charge in [0.25, 0.3) is 0 Å². The topological polar surface area (TPSA) is 79.5 Å². The van der Waals surface area contributed by atoms with Crippen LogP contribution >= 0.6 is 0 Å². The van der Waals surface area contributed by atoms with Gasteiger partial charge >= 0.3 is 0 Å². The maximum absolute atomic E-state index is 14.1. The fraction of sp³-hybridized carbons (Fsp3) is 0.238. The molecule has 2 aromatic carbocycles. The zero-order valence-electron chi connectivity index (χ0n) is 16.1. The summed E-state index contributed by atoms with van der Waals surface area (Å²) in [5.74, 6) is 0.622. The molecule has 1 aromatic heterocycles. The molecule has 2 N–H and O–H groups in total. The van der Waals surface area contributed by atoms with Crippen LogP contribution in [0.15, 0.2) is 48.8 Å². The van der Waals surface area contributed by atoms with Gasteiger partial charge in [0.15, 0.2) is 0 Å². The normalized spacial score (nSPS) is 16.2. The molecule has 1 aliphatic heterocycles. The number of anilines is 2. The molecule has 4 rings (SSSR count). The Morgan fingerprint density at radius 1 is 1.21 bits per heavy atom. The van der Waals surface area contributed by atoms with Crippen LogP contribution in [0.5, 0.6) is 11.5 Å². The van der Waals surface area contributed by atoms with Crippen molar-refractivity contribution < 1.29 is 18.7 Å². The summed E-state index contributed by atoms with van der Waals surface area (Å²) in [5, 5.41) is 9.75. The van der Waals surface area contributed by atoms with E-state index in [1.165, 1.54) is 19.2 Å². The Balaban J connectivity index is 1.55. The predicted octanol–water partition coefficient (Wildman–Crippen LogP) is 3.45. The average Bonchev–Trinajstić information content (AvgIpc) is 3.40. The van der Waals surface area contributed by atoms with Crippen LogP contribution in [0.25, 0.3) is 11.1 Å². The zero-order valence-corrected chi connectivity index (χ0v) is 16.1. The summed E-state index contributed by atoms with van der Waals surface area (Å²) < 4.78 is 24.8. The van der Waals surface area contributed by atoms with Crippen molar-refractivity contribution in [1.29, 1.82) is 0 Å². The van der Waals surface area contributed by atoms with Gasteiger partial charge < -0.3 is 19.7 Å². The minimum atomic E-state index is -0.517. The SMILES string of the molecule is COc1ccc(F)c(NC2CCN(c3ccc(-c4cn[nH]c4)c(OC)c3)C2=O)c1. The minimum Gasteiger partial charge on any atom is -0.497 e. The van der Waals surface area contributed by atoms with Crippen molar-refractivity contribution in [3.63, 3.8) is 0 Å². The Morgan fingerprint density at radius 3 is 2.79 bits per heavy atom. The lowest BCUT2D eigenvalue weighted by Gasteiger charge is -2.19. The van der Waals surface area contributed by atoms with Crippen LogP contribution in [0, 0.1) is 5.82 Å². The monoisotopic (exact) mass is 396 g/mol. The Labute approximate surface area is 167 Å². The number of hydrogen-bond acceptors (Lipinski definition) is 5. The molecule has 1 fully saturated rings. The first-order valence-electron chi connectivity index (χ1n) is 9.19. The number of amides is 1. The number of rotatable bonds is 6. The molecule has 1 unspecified atom stereocenters. The van der Waals surface area contributed by atoms with Crippen molar-refractivity contribution in [2.75, 3.05) is 31.0 Å². The highest BCUT2D eigenvalue weighted by molar-refractivity contribution is 6.01. The zero-order chi connectivity index (χ0) is 20.4. The number of halogens is 1. The predicted molar refractivity (Wildman–Crippen MR) is 108 cm³/mol. The molecule has 0 saturated carbocycles. The van der Waals surface area contributed by atoms with Crippen LogP contribution in [0.1, 0.15) is 6.42 Å². The number of aromatic nitrogens is 2. The molecule has 0 aliphatic carbocycles. The largest absolute Gasteiger partial charge is 0.497 e. The van der Waals surface area contributed by atoms with Crippen molar-refractivity contribution in [2.45, 2.75) is 12.5 Å². The summed E-state index contributed by atoms with van der Waals surface area (Å²) in [6.07, 6.45) is 4.05. The van der Waals surface area contributed by atoms with Crippen LogP contribution in [0.4, 0.5) is 15.8 Å². The lowest BCUT2D eigenvalue weighted by Crippen LogP contribution is -2.33. The molecule has 8 heteroatoms. The van der Waals surface area contributed by atoms with Gasteiger partial charge in [-0.05, 0) is 30.7 Å². The van der Waals surface area contributed by atoms with Gasteiger partial charge in [-0.1, -0.05) is 0 Å². The van der Waals surface area contributed by atoms with Crippen molar-refractivity contribution in [3.05, 3.63) is 54.6 Å². The highest BCUT2D eigenvalue weighted by Gasteiger charge is 2.33. The van der Waals surface area contributed by atoms with Gasteiger partial charge in [-0.25, -0.2) is 4.39 Å². The van der Waals surface area contributed by atoms with E-state index in [1.807, 2.05) is 18.2 Å². The average molecular weight is 396 g/mol. The number of H-pyrrole nitrogens is 1. The number of aromatic amines is 1. The number of nitrogens with one attached hydrogen (secondary N) is 2.